The second-order valence-electron chi connectivity index (χ2n) is 22.7. The van der Waals surface area contributed by atoms with E-state index in [-0.39, 0.29) is 37.5 Å². The SMILES string of the molecule is CC/C=C\C/C=C\C/C=C\C/C=C\C/C=C\C/C=C\CCC(=O)OCC(COC(=O)CCCCCCCCCCCC/C=C\C/C=C\C/C=C\C/C=C\CC)OC(=O)CCCCCCCCCCCCCCCCCCCCCCCC. The summed E-state index contributed by atoms with van der Waals surface area (Å²) in [5.74, 6) is -0.982. The van der Waals surface area contributed by atoms with Gasteiger partial charge >= 0.3 is 17.9 Å². The number of ether oxygens (including phenoxy) is 3. The van der Waals surface area contributed by atoms with Crippen LogP contribution in [-0.2, 0) is 28.6 Å². The van der Waals surface area contributed by atoms with E-state index < -0.39 is 6.10 Å². The lowest BCUT2D eigenvalue weighted by Gasteiger charge is -2.18. The predicted octanol–water partition coefficient (Wildman–Crippen LogP) is 23.9. The minimum atomic E-state index is -0.814. The summed E-state index contributed by atoms with van der Waals surface area (Å²) in [6, 6.07) is 0. The zero-order chi connectivity index (χ0) is 59.2. The topological polar surface area (TPSA) is 78.9 Å². The maximum absolute atomic E-state index is 13.0. The number of unbranched alkanes of at least 4 members (excludes halogenated alkanes) is 31. The van der Waals surface area contributed by atoms with E-state index in [9.17, 15) is 14.4 Å². The van der Waals surface area contributed by atoms with E-state index in [2.05, 4.69) is 136 Å². The van der Waals surface area contributed by atoms with Crippen LogP contribution in [-0.4, -0.2) is 37.2 Å². The van der Waals surface area contributed by atoms with Crippen molar-refractivity contribution in [2.75, 3.05) is 13.2 Å². The first-order valence-electron chi connectivity index (χ1n) is 34.5. The zero-order valence-corrected chi connectivity index (χ0v) is 53.7. The molecular formula is C76H128O6. The molecule has 0 amide bonds. The fourth-order valence-corrected chi connectivity index (χ4v) is 9.64. The van der Waals surface area contributed by atoms with Gasteiger partial charge in [0.15, 0.2) is 6.10 Å². The Bertz CT molecular complexity index is 1690. The summed E-state index contributed by atoms with van der Waals surface area (Å²) in [4.78, 5) is 38.4. The highest BCUT2D eigenvalue weighted by Gasteiger charge is 2.19. The van der Waals surface area contributed by atoms with E-state index in [0.717, 1.165) is 103 Å². The summed E-state index contributed by atoms with van der Waals surface area (Å²) in [6.45, 7) is 6.39. The van der Waals surface area contributed by atoms with Crippen molar-refractivity contribution < 1.29 is 28.6 Å². The van der Waals surface area contributed by atoms with Gasteiger partial charge in [0.1, 0.15) is 13.2 Å². The second kappa shape index (κ2) is 69.3. The highest BCUT2D eigenvalue weighted by molar-refractivity contribution is 5.71. The molecule has 6 heteroatoms. The van der Waals surface area contributed by atoms with Crippen molar-refractivity contribution in [1.82, 2.24) is 0 Å². The average molecular weight is 1140 g/mol. The molecule has 0 heterocycles. The molecule has 0 aromatic rings. The molecule has 0 bridgehead atoms. The van der Waals surface area contributed by atoms with E-state index in [1.165, 1.54) is 173 Å². The Labute approximate surface area is 507 Å². The van der Waals surface area contributed by atoms with Crippen LogP contribution >= 0.6 is 0 Å². The smallest absolute Gasteiger partial charge is 0.306 e. The second-order valence-corrected chi connectivity index (χ2v) is 22.7. The normalized spacial score (nSPS) is 12.9. The van der Waals surface area contributed by atoms with Crippen LogP contribution < -0.4 is 0 Å². The number of carbonyl (C=O) groups is 3. The molecule has 468 valence electrons. The third kappa shape index (κ3) is 66.6. The first-order chi connectivity index (χ1) is 40.5. The van der Waals surface area contributed by atoms with Gasteiger partial charge < -0.3 is 14.2 Å². The highest BCUT2D eigenvalue weighted by atomic mass is 16.6. The summed E-state index contributed by atoms with van der Waals surface area (Å²) in [5.41, 5.74) is 0. The lowest BCUT2D eigenvalue weighted by Crippen LogP contribution is -2.30. The zero-order valence-electron chi connectivity index (χ0n) is 53.7. The number of carbonyl (C=O) groups excluding carboxylic acids is 3. The van der Waals surface area contributed by atoms with Crippen molar-refractivity contribution in [1.29, 1.82) is 0 Å². The molecule has 0 radical (unpaired) electrons. The minimum absolute atomic E-state index is 0.103. The van der Waals surface area contributed by atoms with E-state index >= 15 is 0 Å². The molecule has 0 aliphatic rings. The first-order valence-corrected chi connectivity index (χ1v) is 34.5. The van der Waals surface area contributed by atoms with Crippen LogP contribution in [0.25, 0.3) is 0 Å². The van der Waals surface area contributed by atoms with Crippen LogP contribution in [0.3, 0.4) is 0 Å². The van der Waals surface area contributed by atoms with E-state index in [4.69, 9.17) is 14.2 Å². The summed E-state index contributed by atoms with van der Waals surface area (Å²) in [7, 11) is 0. The molecule has 0 N–H and O–H groups in total. The molecule has 0 spiro atoms. The van der Waals surface area contributed by atoms with Crippen LogP contribution in [0.2, 0.25) is 0 Å². The van der Waals surface area contributed by atoms with E-state index in [0.29, 0.717) is 19.3 Å². The van der Waals surface area contributed by atoms with Crippen LogP contribution in [0.1, 0.15) is 323 Å². The molecule has 6 nitrogen and oxygen atoms in total. The quantitative estimate of drug-likeness (QED) is 0.0261. The number of allylic oxidation sites excluding steroid dienone is 20. The summed E-state index contributed by atoms with van der Waals surface area (Å²) < 4.78 is 16.9. The Balaban J connectivity index is 4.45. The molecule has 82 heavy (non-hydrogen) atoms. The monoisotopic (exact) mass is 1140 g/mol. The summed E-state index contributed by atoms with van der Waals surface area (Å²) in [6.07, 6.45) is 96.6. The maximum atomic E-state index is 13.0. The van der Waals surface area contributed by atoms with Crippen molar-refractivity contribution in [3.63, 3.8) is 0 Å². The molecule has 0 rings (SSSR count). The number of esters is 3. The molecule has 0 saturated carbocycles. The van der Waals surface area contributed by atoms with Gasteiger partial charge in [0.25, 0.3) is 0 Å². The van der Waals surface area contributed by atoms with Crippen LogP contribution in [0.15, 0.2) is 122 Å². The van der Waals surface area contributed by atoms with Crippen molar-refractivity contribution >= 4 is 17.9 Å². The maximum Gasteiger partial charge on any atom is 0.306 e. The lowest BCUT2D eigenvalue weighted by molar-refractivity contribution is -0.166. The van der Waals surface area contributed by atoms with E-state index in [1.807, 2.05) is 6.08 Å². The van der Waals surface area contributed by atoms with E-state index in [1.54, 1.807) is 0 Å². The van der Waals surface area contributed by atoms with Gasteiger partial charge in [-0.25, -0.2) is 0 Å². The molecule has 0 aliphatic carbocycles. The Hall–Kier alpha value is -4.19. The first kappa shape index (κ1) is 77.8. The highest BCUT2D eigenvalue weighted by Crippen LogP contribution is 2.17. The standard InChI is InChI=1S/C76H128O6/c1-4-7-10-13-16-19-22-25-28-31-34-36-38-40-42-45-48-51-54-57-60-63-66-69-75(78)81-72-73(71-80-74(77)68-65-62-59-56-53-50-47-44-41-33-30-27-24-21-18-15-12-9-6-3)82-76(79)70-67-64-61-58-55-52-49-46-43-39-37-35-32-29-26-23-20-17-14-11-8-5-2/h7,9-10,12,16,18-19,21,25,27-28,30,34,36,41,44,50,53,59,62,73H,4-6,8,11,13-15,17,20,22-24,26,29,31-33,35,37-40,42-43,45-49,51-52,54-58,60-61,63-72H2,1-3H3/b10-7-,12-9-,19-16-,21-18-,28-25-,30-27-,36-34-,44-41-,53-50-,62-59-. The van der Waals surface area contributed by atoms with Gasteiger partial charge in [-0.1, -0.05) is 328 Å². The average Bonchev–Trinajstić information content (AvgIpc) is 3.47. The van der Waals surface area contributed by atoms with Crippen molar-refractivity contribution in [2.24, 2.45) is 0 Å². The fraction of sp³-hybridized carbons (Fsp3) is 0.697. The van der Waals surface area contributed by atoms with Gasteiger partial charge in [-0.05, 0) is 96.3 Å². The summed E-state index contributed by atoms with van der Waals surface area (Å²) >= 11 is 0. The van der Waals surface area contributed by atoms with Gasteiger partial charge in [-0.2, -0.15) is 0 Å². The molecule has 0 fully saturated rings. The number of hydrogen-bond acceptors (Lipinski definition) is 6. The number of hydrogen-bond donors (Lipinski definition) is 0. The number of rotatable bonds is 62. The molecular weight excluding hydrogens is 1010 g/mol. The molecule has 0 aliphatic heterocycles. The Morgan fingerprint density at radius 3 is 0.817 bits per heavy atom. The third-order valence-corrected chi connectivity index (χ3v) is 14.7. The molecule has 1 atom stereocenters. The minimum Gasteiger partial charge on any atom is -0.462 e. The lowest BCUT2D eigenvalue weighted by atomic mass is 10.0. The predicted molar refractivity (Wildman–Crippen MR) is 357 cm³/mol. The van der Waals surface area contributed by atoms with Gasteiger partial charge in [0.05, 0.1) is 0 Å². The van der Waals surface area contributed by atoms with Gasteiger partial charge in [-0.3, -0.25) is 14.4 Å². The van der Waals surface area contributed by atoms with Gasteiger partial charge in [0, 0.05) is 19.3 Å². The Morgan fingerprint density at radius 1 is 0.256 bits per heavy atom. The molecule has 0 aromatic heterocycles. The van der Waals surface area contributed by atoms with Gasteiger partial charge in [0.2, 0.25) is 0 Å². The molecule has 1 unspecified atom stereocenters. The van der Waals surface area contributed by atoms with Crippen LogP contribution in [0, 0.1) is 0 Å². The Kier molecular flexibility index (Phi) is 65.8. The van der Waals surface area contributed by atoms with Crippen LogP contribution in [0.4, 0.5) is 0 Å². The Morgan fingerprint density at radius 2 is 0.500 bits per heavy atom. The molecule has 0 aromatic carbocycles. The largest absolute Gasteiger partial charge is 0.462 e. The van der Waals surface area contributed by atoms with Crippen molar-refractivity contribution in [3.05, 3.63) is 122 Å². The van der Waals surface area contributed by atoms with Crippen molar-refractivity contribution in [2.45, 2.75) is 329 Å². The molecule has 0 saturated heterocycles. The van der Waals surface area contributed by atoms with Crippen molar-refractivity contribution in [3.8, 4) is 0 Å². The third-order valence-electron chi connectivity index (χ3n) is 14.7. The van der Waals surface area contributed by atoms with Gasteiger partial charge in [-0.15, -0.1) is 0 Å². The fourth-order valence-electron chi connectivity index (χ4n) is 9.64. The summed E-state index contributed by atoms with van der Waals surface area (Å²) in [5, 5.41) is 0. The van der Waals surface area contributed by atoms with Crippen LogP contribution in [0.5, 0.6) is 0 Å².